The molecule has 0 atom stereocenters. The van der Waals surface area contributed by atoms with E-state index in [2.05, 4.69) is 5.32 Å². The van der Waals surface area contributed by atoms with Crippen molar-refractivity contribution in [2.24, 2.45) is 0 Å². The number of esters is 1. The van der Waals surface area contributed by atoms with Crippen molar-refractivity contribution in [2.75, 3.05) is 11.9 Å². The van der Waals surface area contributed by atoms with Crippen molar-refractivity contribution in [3.63, 3.8) is 0 Å². The van der Waals surface area contributed by atoms with Crippen molar-refractivity contribution in [1.29, 1.82) is 0 Å². The molecule has 7 nitrogen and oxygen atoms in total. The van der Waals surface area contributed by atoms with Gasteiger partial charge >= 0.3 is 5.97 Å². The van der Waals surface area contributed by atoms with E-state index < -0.39 is 23.4 Å². The molecule has 25 heavy (non-hydrogen) atoms. The van der Waals surface area contributed by atoms with Crippen LogP contribution in [0.1, 0.15) is 5.56 Å². The summed E-state index contributed by atoms with van der Waals surface area (Å²) in [5, 5.41) is 14.0. The smallest absolute Gasteiger partial charge is 0.310 e. The van der Waals surface area contributed by atoms with Crippen molar-refractivity contribution < 1.29 is 19.2 Å². The summed E-state index contributed by atoms with van der Waals surface area (Å²) >= 11 is 11.7. The van der Waals surface area contributed by atoms with E-state index in [1.165, 1.54) is 30.3 Å². The van der Waals surface area contributed by atoms with E-state index in [0.29, 0.717) is 15.6 Å². The number of nitrogens with zero attached hydrogens (tertiary/aromatic N) is 1. The van der Waals surface area contributed by atoms with Crippen molar-refractivity contribution >= 4 is 46.5 Å². The van der Waals surface area contributed by atoms with Gasteiger partial charge in [-0.25, -0.2) is 0 Å². The number of rotatable bonds is 6. The Kier molecular flexibility index (Phi) is 6.32. The SMILES string of the molecule is O=C(COC(=O)Cc1ccc(Cl)cc1Cl)Nc1ccccc1[N+](=O)[O-]. The Hall–Kier alpha value is -2.64. The number of anilines is 1. The zero-order valence-electron chi connectivity index (χ0n) is 12.7. The molecule has 0 fully saturated rings. The Morgan fingerprint density at radius 2 is 1.88 bits per heavy atom. The molecule has 0 aliphatic heterocycles. The zero-order valence-corrected chi connectivity index (χ0v) is 14.2. The lowest BCUT2D eigenvalue weighted by atomic mass is 10.1. The summed E-state index contributed by atoms with van der Waals surface area (Å²) in [7, 11) is 0. The molecule has 9 heteroatoms. The zero-order chi connectivity index (χ0) is 18.4. The van der Waals surface area contributed by atoms with Crippen LogP contribution >= 0.6 is 23.2 Å². The lowest BCUT2D eigenvalue weighted by Crippen LogP contribution is -2.22. The second-order valence-corrected chi connectivity index (χ2v) is 5.74. The predicted molar refractivity (Wildman–Crippen MR) is 92.9 cm³/mol. The van der Waals surface area contributed by atoms with Gasteiger partial charge in [0.25, 0.3) is 11.6 Å². The Morgan fingerprint density at radius 3 is 2.56 bits per heavy atom. The predicted octanol–water partition coefficient (Wildman–Crippen LogP) is 3.63. The van der Waals surface area contributed by atoms with Gasteiger partial charge in [0, 0.05) is 16.1 Å². The molecule has 2 rings (SSSR count). The Labute approximate surface area is 152 Å². The van der Waals surface area contributed by atoms with Gasteiger partial charge in [0.2, 0.25) is 0 Å². The van der Waals surface area contributed by atoms with Gasteiger partial charge in [-0.1, -0.05) is 41.4 Å². The van der Waals surface area contributed by atoms with Crippen LogP contribution in [0.5, 0.6) is 0 Å². The summed E-state index contributed by atoms with van der Waals surface area (Å²) in [5.74, 6) is -1.35. The average Bonchev–Trinajstić information content (AvgIpc) is 2.56. The van der Waals surface area contributed by atoms with Gasteiger partial charge in [0.15, 0.2) is 6.61 Å². The van der Waals surface area contributed by atoms with Crippen molar-refractivity contribution in [1.82, 2.24) is 0 Å². The van der Waals surface area contributed by atoms with Crippen LogP contribution in [-0.2, 0) is 20.7 Å². The van der Waals surface area contributed by atoms with Crippen LogP contribution in [0.3, 0.4) is 0 Å². The van der Waals surface area contributed by atoms with Gasteiger partial charge in [-0.05, 0) is 23.8 Å². The molecule has 2 aromatic carbocycles. The highest BCUT2D eigenvalue weighted by Crippen LogP contribution is 2.23. The number of carbonyl (C=O) groups is 2. The Balaban J connectivity index is 1.89. The fourth-order valence-electron chi connectivity index (χ4n) is 1.94. The van der Waals surface area contributed by atoms with Gasteiger partial charge in [-0.2, -0.15) is 0 Å². The summed E-state index contributed by atoms with van der Waals surface area (Å²) < 4.78 is 4.85. The number of halogens is 2. The third-order valence-corrected chi connectivity index (χ3v) is 3.68. The number of benzene rings is 2. The fourth-order valence-corrected chi connectivity index (χ4v) is 2.42. The minimum atomic E-state index is -0.690. The molecule has 0 bridgehead atoms. The molecule has 130 valence electrons. The largest absolute Gasteiger partial charge is 0.455 e. The van der Waals surface area contributed by atoms with E-state index in [4.69, 9.17) is 27.9 Å². The summed E-state index contributed by atoms with van der Waals surface area (Å²) in [6, 6.07) is 10.3. The maximum Gasteiger partial charge on any atom is 0.310 e. The van der Waals surface area contributed by atoms with Gasteiger partial charge in [0.05, 0.1) is 11.3 Å². The van der Waals surface area contributed by atoms with E-state index in [0.717, 1.165) is 0 Å². The monoisotopic (exact) mass is 382 g/mol. The third-order valence-electron chi connectivity index (χ3n) is 3.09. The summed E-state index contributed by atoms with van der Waals surface area (Å²) in [5.41, 5.74) is 0.277. The molecule has 0 radical (unpaired) electrons. The quantitative estimate of drug-likeness (QED) is 0.467. The van der Waals surface area contributed by atoms with Crippen LogP contribution in [0.15, 0.2) is 42.5 Å². The number of carbonyl (C=O) groups excluding carboxylic acids is 2. The third kappa shape index (κ3) is 5.44. The van der Waals surface area contributed by atoms with Crippen LogP contribution in [0, 0.1) is 10.1 Å². The van der Waals surface area contributed by atoms with Crippen LogP contribution in [0.25, 0.3) is 0 Å². The standard InChI is InChI=1S/C16H12Cl2N2O5/c17-11-6-5-10(12(18)8-11)7-16(22)25-9-15(21)19-13-3-1-2-4-14(13)20(23)24/h1-6,8H,7,9H2,(H,19,21). The van der Waals surface area contributed by atoms with Crippen molar-refractivity contribution in [3.8, 4) is 0 Å². The van der Waals surface area contributed by atoms with Gasteiger partial charge < -0.3 is 10.1 Å². The summed E-state index contributed by atoms with van der Waals surface area (Å²) in [6.45, 7) is -0.573. The molecule has 1 amide bonds. The molecule has 2 aromatic rings. The molecule has 1 N–H and O–H groups in total. The molecule has 0 heterocycles. The summed E-state index contributed by atoms with van der Waals surface area (Å²) in [4.78, 5) is 33.8. The Morgan fingerprint density at radius 1 is 1.16 bits per heavy atom. The second kappa shape index (κ2) is 8.46. The maximum atomic E-state index is 11.8. The second-order valence-electron chi connectivity index (χ2n) is 4.90. The molecule has 0 saturated heterocycles. The fraction of sp³-hybridized carbons (Fsp3) is 0.125. The molecule has 0 aliphatic carbocycles. The minimum absolute atomic E-state index is 0.0225. The molecule has 0 saturated carbocycles. The topological polar surface area (TPSA) is 98.5 Å². The van der Waals surface area contributed by atoms with Gasteiger partial charge in [0.1, 0.15) is 5.69 Å². The molecule has 0 aliphatic rings. The number of para-hydroxylation sites is 2. The number of hydrogen-bond acceptors (Lipinski definition) is 5. The van der Waals surface area contributed by atoms with E-state index >= 15 is 0 Å². The number of ether oxygens (including phenoxy) is 1. The molecule has 0 spiro atoms. The number of nitro groups is 1. The maximum absolute atomic E-state index is 11.8. The Bertz CT molecular complexity index is 826. The van der Waals surface area contributed by atoms with Crippen molar-refractivity contribution in [3.05, 3.63) is 68.2 Å². The minimum Gasteiger partial charge on any atom is -0.455 e. The van der Waals surface area contributed by atoms with Crippen LogP contribution in [-0.4, -0.2) is 23.4 Å². The first-order valence-electron chi connectivity index (χ1n) is 6.99. The van der Waals surface area contributed by atoms with E-state index in [-0.39, 0.29) is 17.8 Å². The van der Waals surface area contributed by atoms with Crippen LogP contribution in [0.4, 0.5) is 11.4 Å². The van der Waals surface area contributed by atoms with Crippen LogP contribution < -0.4 is 5.32 Å². The molecular weight excluding hydrogens is 371 g/mol. The van der Waals surface area contributed by atoms with Crippen molar-refractivity contribution in [2.45, 2.75) is 6.42 Å². The first-order valence-corrected chi connectivity index (χ1v) is 7.75. The highest BCUT2D eigenvalue weighted by molar-refractivity contribution is 6.35. The number of amides is 1. The van der Waals surface area contributed by atoms with Crippen LogP contribution in [0.2, 0.25) is 10.0 Å². The first kappa shape index (κ1) is 18.7. The van der Waals surface area contributed by atoms with E-state index in [9.17, 15) is 19.7 Å². The van der Waals surface area contributed by atoms with Gasteiger partial charge in [-0.3, -0.25) is 19.7 Å². The molecule has 0 aromatic heterocycles. The average molecular weight is 383 g/mol. The number of nitrogens with one attached hydrogen (secondary N) is 1. The molecule has 0 unspecified atom stereocenters. The first-order chi connectivity index (χ1) is 11.9. The van der Waals surface area contributed by atoms with E-state index in [1.54, 1.807) is 12.1 Å². The highest BCUT2D eigenvalue weighted by Gasteiger charge is 2.16. The van der Waals surface area contributed by atoms with Gasteiger partial charge in [-0.15, -0.1) is 0 Å². The lowest BCUT2D eigenvalue weighted by molar-refractivity contribution is -0.383. The number of nitro benzene ring substituents is 1. The normalized spacial score (nSPS) is 10.2. The van der Waals surface area contributed by atoms with E-state index in [1.807, 2.05) is 0 Å². The molecular formula is C16H12Cl2N2O5. The summed E-state index contributed by atoms with van der Waals surface area (Å²) in [6.07, 6.45) is -0.130. The number of hydrogen-bond donors (Lipinski definition) is 1. The highest BCUT2D eigenvalue weighted by atomic mass is 35.5. The lowest BCUT2D eigenvalue weighted by Gasteiger charge is -2.08.